The monoisotopic (exact) mass is 257 g/mol. The molecule has 0 saturated heterocycles. The van der Waals surface area contributed by atoms with Crippen LogP contribution in [0.25, 0.3) is 0 Å². The Morgan fingerprint density at radius 1 is 1.05 bits per heavy atom. The molecule has 0 N–H and O–H groups in total. The lowest BCUT2D eigenvalue weighted by atomic mass is 10.1. The summed E-state index contributed by atoms with van der Waals surface area (Å²) < 4.78 is 12.8. The summed E-state index contributed by atoms with van der Waals surface area (Å²) in [7, 11) is 1.87. The number of halogens is 1. The zero-order chi connectivity index (χ0) is 13.8. The summed E-state index contributed by atoms with van der Waals surface area (Å²) in [6.07, 6.45) is 0. The third-order valence-corrected chi connectivity index (χ3v) is 3.02. The van der Waals surface area contributed by atoms with E-state index in [1.807, 2.05) is 43.1 Å². The number of likely N-dealkylation sites (N-methyl/N-ethyl adjacent to an activating group) is 1. The number of hydrogen-bond donors (Lipinski definition) is 0. The molecule has 0 heterocycles. The van der Waals surface area contributed by atoms with Crippen LogP contribution in [0.4, 0.5) is 10.1 Å². The average Bonchev–Trinajstić information content (AvgIpc) is 2.40. The third kappa shape index (κ3) is 3.41. The molecule has 2 rings (SSSR count). The fraction of sp³-hybridized carbons (Fsp3) is 0.188. The van der Waals surface area contributed by atoms with Crippen LogP contribution >= 0.6 is 0 Å². The maximum Gasteiger partial charge on any atom is 0.182 e. The fourth-order valence-corrected chi connectivity index (χ4v) is 1.83. The van der Waals surface area contributed by atoms with Gasteiger partial charge in [0.2, 0.25) is 0 Å². The number of aryl methyl sites for hydroxylation is 1. The van der Waals surface area contributed by atoms with E-state index in [1.165, 1.54) is 29.8 Å². The van der Waals surface area contributed by atoms with E-state index < -0.39 is 0 Å². The van der Waals surface area contributed by atoms with Crippen molar-refractivity contribution in [1.29, 1.82) is 0 Å². The maximum absolute atomic E-state index is 12.8. The van der Waals surface area contributed by atoms with Gasteiger partial charge >= 0.3 is 0 Å². The Bertz CT molecular complexity index is 560. The Morgan fingerprint density at radius 3 is 2.21 bits per heavy atom. The molecular weight excluding hydrogens is 241 g/mol. The Labute approximate surface area is 112 Å². The second kappa shape index (κ2) is 5.65. The molecule has 2 nitrogen and oxygen atoms in total. The van der Waals surface area contributed by atoms with Crippen LogP contribution in [0.2, 0.25) is 0 Å². The molecule has 2 aromatic rings. The van der Waals surface area contributed by atoms with Crippen LogP contribution < -0.4 is 4.90 Å². The first-order valence-corrected chi connectivity index (χ1v) is 6.13. The number of hydrogen-bond acceptors (Lipinski definition) is 2. The fourth-order valence-electron chi connectivity index (χ4n) is 1.83. The van der Waals surface area contributed by atoms with Gasteiger partial charge in [0.25, 0.3) is 0 Å². The van der Waals surface area contributed by atoms with Gasteiger partial charge in [-0.2, -0.15) is 0 Å². The summed E-state index contributed by atoms with van der Waals surface area (Å²) in [5, 5.41) is 0. The van der Waals surface area contributed by atoms with Gasteiger partial charge in [0.05, 0.1) is 6.54 Å². The molecule has 0 radical (unpaired) electrons. The molecule has 0 unspecified atom stereocenters. The number of ketones is 1. The Kier molecular flexibility index (Phi) is 3.95. The van der Waals surface area contributed by atoms with Gasteiger partial charge in [-0.05, 0) is 43.3 Å². The van der Waals surface area contributed by atoms with E-state index in [1.54, 1.807) is 0 Å². The molecule has 0 aliphatic heterocycles. The first kappa shape index (κ1) is 13.3. The molecule has 0 bridgehead atoms. The zero-order valence-electron chi connectivity index (χ0n) is 11.1. The normalized spacial score (nSPS) is 10.3. The molecular formula is C16H16FNO. The van der Waals surface area contributed by atoms with Crippen LogP contribution in [-0.2, 0) is 0 Å². The predicted octanol–water partition coefficient (Wildman–Crippen LogP) is 3.45. The van der Waals surface area contributed by atoms with Crippen molar-refractivity contribution in [3.05, 3.63) is 65.5 Å². The second-order valence-corrected chi connectivity index (χ2v) is 4.62. The van der Waals surface area contributed by atoms with Crippen molar-refractivity contribution in [2.24, 2.45) is 0 Å². The van der Waals surface area contributed by atoms with Crippen LogP contribution in [0.3, 0.4) is 0 Å². The number of rotatable bonds is 4. The van der Waals surface area contributed by atoms with Crippen molar-refractivity contribution in [1.82, 2.24) is 0 Å². The van der Waals surface area contributed by atoms with Gasteiger partial charge in [-0.3, -0.25) is 4.79 Å². The topological polar surface area (TPSA) is 20.3 Å². The van der Waals surface area contributed by atoms with Gasteiger partial charge in [-0.15, -0.1) is 0 Å². The molecule has 0 atom stereocenters. The van der Waals surface area contributed by atoms with E-state index in [4.69, 9.17) is 0 Å². The highest BCUT2D eigenvalue weighted by molar-refractivity contribution is 5.99. The van der Waals surface area contributed by atoms with Gasteiger partial charge in [0.1, 0.15) is 5.82 Å². The molecule has 19 heavy (non-hydrogen) atoms. The number of anilines is 1. The first-order chi connectivity index (χ1) is 9.06. The van der Waals surface area contributed by atoms with E-state index in [9.17, 15) is 9.18 Å². The van der Waals surface area contributed by atoms with Gasteiger partial charge < -0.3 is 4.90 Å². The van der Waals surface area contributed by atoms with E-state index in [0.717, 1.165) is 5.69 Å². The maximum atomic E-state index is 12.8. The smallest absolute Gasteiger partial charge is 0.182 e. The van der Waals surface area contributed by atoms with Crippen molar-refractivity contribution in [3.8, 4) is 0 Å². The molecule has 0 aliphatic carbocycles. The van der Waals surface area contributed by atoms with Crippen LogP contribution in [0.5, 0.6) is 0 Å². The number of benzene rings is 2. The quantitative estimate of drug-likeness (QED) is 0.782. The molecule has 0 fully saturated rings. The van der Waals surface area contributed by atoms with E-state index >= 15 is 0 Å². The van der Waals surface area contributed by atoms with Crippen molar-refractivity contribution in [2.45, 2.75) is 6.92 Å². The minimum absolute atomic E-state index is 0.0249. The van der Waals surface area contributed by atoms with Gasteiger partial charge in [-0.1, -0.05) is 17.7 Å². The second-order valence-electron chi connectivity index (χ2n) is 4.62. The molecule has 98 valence electrons. The largest absolute Gasteiger partial charge is 0.367 e. The number of nitrogens with zero attached hydrogens (tertiary/aromatic N) is 1. The highest BCUT2D eigenvalue weighted by atomic mass is 19.1. The summed E-state index contributed by atoms with van der Waals surface area (Å²) in [6.45, 7) is 2.29. The Balaban J connectivity index is 2.06. The Hall–Kier alpha value is -2.16. The highest BCUT2D eigenvalue weighted by Gasteiger charge is 2.09. The molecule has 0 aromatic heterocycles. The first-order valence-electron chi connectivity index (χ1n) is 6.13. The minimum Gasteiger partial charge on any atom is -0.367 e. The van der Waals surface area contributed by atoms with Crippen molar-refractivity contribution < 1.29 is 9.18 Å². The van der Waals surface area contributed by atoms with E-state index in [0.29, 0.717) is 5.56 Å². The van der Waals surface area contributed by atoms with Crippen molar-refractivity contribution >= 4 is 11.5 Å². The summed E-state index contributed by atoms with van der Waals surface area (Å²) >= 11 is 0. The molecule has 0 spiro atoms. The lowest BCUT2D eigenvalue weighted by molar-refractivity contribution is 0.100. The average molecular weight is 257 g/mol. The van der Waals surface area contributed by atoms with Gasteiger partial charge in [0.15, 0.2) is 5.78 Å². The molecule has 0 amide bonds. The summed E-state index contributed by atoms with van der Waals surface area (Å²) in [5.41, 5.74) is 2.70. The van der Waals surface area contributed by atoms with Gasteiger partial charge in [-0.25, -0.2) is 4.39 Å². The molecule has 2 aromatic carbocycles. The molecule has 0 aliphatic rings. The van der Waals surface area contributed by atoms with Crippen LogP contribution in [0, 0.1) is 12.7 Å². The van der Waals surface area contributed by atoms with Crippen LogP contribution in [0.15, 0.2) is 48.5 Å². The minimum atomic E-state index is -0.330. The van der Waals surface area contributed by atoms with Crippen LogP contribution in [0.1, 0.15) is 15.9 Å². The molecule has 3 heteroatoms. The lowest BCUT2D eigenvalue weighted by Gasteiger charge is -2.18. The standard InChI is InChI=1S/C16H16FNO/c1-12-3-9-15(10-4-12)18(2)11-16(19)13-5-7-14(17)8-6-13/h3-10H,11H2,1-2H3. The van der Waals surface area contributed by atoms with Gasteiger partial charge in [0, 0.05) is 18.3 Å². The highest BCUT2D eigenvalue weighted by Crippen LogP contribution is 2.14. The third-order valence-electron chi connectivity index (χ3n) is 3.02. The number of carbonyl (C=O) groups excluding carboxylic acids is 1. The SMILES string of the molecule is Cc1ccc(N(C)CC(=O)c2ccc(F)cc2)cc1. The molecule has 0 saturated carbocycles. The summed E-state index contributed by atoms with van der Waals surface area (Å²) in [5.74, 6) is -0.355. The Morgan fingerprint density at radius 2 is 1.63 bits per heavy atom. The predicted molar refractivity (Wildman–Crippen MR) is 75.2 cm³/mol. The van der Waals surface area contributed by atoms with Crippen molar-refractivity contribution in [2.75, 3.05) is 18.5 Å². The van der Waals surface area contributed by atoms with Crippen molar-refractivity contribution in [3.63, 3.8) is 0 Å². The van der Waals surface area contributed by atoms with E-state index in [-0.39, 0.29) is 18.1 Å². The zero-order valence-corrected chi connectivity index (χ0v) is 11.1. The lowest BCUT2D eigenvalue weighted by Crippen LogP contribution is -2.25. The van der Waals surface area contributed by atoms with Crippen LogP contribution in [-0.4, -0.2) is 19.4 Å². The number of carbonyl (C=O) groups is 1. The summed E-state index contributed by atoms with van der Waals surface area (Å²) in [6, 6.07) is 13.6. The number of Topliss-reactive ketones (excluding diaryl/α,β-unsaturated/α-hetero) is 1. The summed E-state index contributed by atoms with van der Waals surface area (Å²) in [4.78, 5) is 13.9. The van der Waals surface area contributed by atoms with E-state index in [2.05, 4.69) is 0 Å².